The lowest BCUT2D eigenvalue weighted by atomic mass is 10.2. The van der Waals surface area contributed by atoms with E-state index in [1.165, 1.54) is 0 Å². The van der Waals surface area contributed by atoms with Crippen LogP contribution >= 0.6 is 11.6 Å². The molecule has 1 aromatic carbocycles. The van der Waals surface area contributed by atoms with Crippen LogP contribution in [0.2, 0.25) is 5.15 Å². The third-order valence-corrected chi connectivity index (χ3v) is 3.17. The van der Waals surface area contributed by atoms with Crippen LogP contribution < -0.4 is 5.32 Å². The summed E-state index contributed by atoms with van der Waals surface area (Å²) in [6, 6.07) is 3.18. The lowest BCUT2D eigenvalue weighted by Crippen LogP contribution is -2.06. The second kappa shape index (κ2) is 5.71. The number of hydrogen-bond acceptors (Lipinski definition) is 3. The average Bonchev–Trinajstić information content (AvgIpc) is 2.38. The molecule has 6 heteroatoms. The fourth-order valence-electron chi connectivity index (χ4n) is 1.61. The van der Waals surface area contributed by atoms with Crippen molar-refractivity contribution in [3.05, 3.63) is 46.4 Å². The Labute approximate surface area is 121 Å². The van der Waals surface area contributed by atoms with Crippen LogP contribution in [0.4, 0.5) is 20.3 Å². The summed E-state index contributed by atoms with van der Waals surface area (Å²) in [6.45, 7) is 5.56. The highest BCUT2D eigenvalue weighted by Crippen LogP contribution is 2.27. The van der Waals surface area contributed by atoms with E-state index in [-0.39, 0.29) is 11.6 Å². The van der Waals surface area contributed by atoms with E-state index in [0.717, 1.165) is 18.2 Å². The van der Waals surface area contributed by atoms with Crippen molar-refractivity contribution in [1.29, 1.82) is 0 Å². The topological polar surface area (TPSA) is 37.8 Å². The van der Waals surface area contributed by atoms with Gasteiger partial charge in [0, 0.05) is 17.5 Å². The summed E-state index contributed by atoms with van der Waals surface area (Å²) >= 11 is 6.04. The summed E-state index contributed by atoms with van der Waals surface area (Å²) in [6.07, 6.45) is 0. The van der Waals surface area contributed by atoms with Crippen molar-refractivity contribution >= 4 is 23.1 Å². The summed E-state index contributed by atoms with van der Waals surface area (Å²) in [4.78, 5) is 8.46. The maximum atomic E-state index is 13.6. The van der Waals surface area contributed by atoms with Crippen LogP contribution in [0.25, 0.3) is 0 Å². The first-order valence-corrected chi connectivity index (χ1v) is 6.52. The van der Waals surface area contributed by atoms with Crippen molar-refractivity contribution in [1.82, 2.24) is 9.97 Å². The lowest BCUT2D eigenvalue weighted by molar-refractivity contribution is 0.603. The van der Waals surface area contributed by atoms with Crippen LogP contribution in [0.15, 0.2) is 18.2 Å². The Morgan fingerprint density at radius 2 is 1.90 bits per heavy atom. The second-order valence-electron chi connectivity index (χ2n) is 4.75. The van der Waals surface area contributed by atoms with E-state index in [1.54, 1.807) is 6.92 Å². The standard InChI is InChI=1S/C14H14ClF2N3/c1-7(2)13-19-12(15)8(3)14(20-13)18-11-6-9(16)4-5-10(11)17/h4-7H,1-3H3,(H,18,19,20). The highest BCUT2D eigenvalue weighted by atomic mass is 35.5. The van der Waals surface area contributed by atoms with Crippen LogP contribution in [-0.2, 0) is 0 Å². The van der Waals surface area contributed by atoms with Gasteiger partial charge in [0.2, 0.25) is 0 Å². The predicted molar refractivity (Wildman–Crippen MR) is 75.5 cm³/mol. The zero-order chi connectivity index (χ0) is 14.9. The van der Waals surface area contributed by atoms with E-state index in [1.807, 2.05) is 13.8 Å². The summed E-state index contributed by atoms with van der Waals surface area (Å²) < 4.78 is 26.8. The monoisotopic (exact) mass is 297 g/mol. The van der Waals surface area contributed by atoms with Crippen molar-refractivity contribution in [3.63, 3.8) is 0 Å². The Morgan fingerprint density at radius 3 is 2.55 bits per heavy atom. The smallest absolute Gasteiger partial charge is 0.146 e. The molecule has 0 atom stereocenters. The van der Waals surface area contributed by atoms with E-state index in [9.17, 15) is 8.78 Å². The van der Waals surface area contributed by atoms with Crippen LogP contribution in [0.3, 0.4) is 0 Å². The molecule has 0 bridgehead atoms. The van der Waals surface area contributed by atoms with Gasteiger partial charge in [0.25, 0.3) is 0 Å². The summed E-state index contributed by atoms with van der Waals surface area (Å²) in [5.41, 5.74) is 0.595. The molecular weight excluding hydrogens is 284 g/mol. The molecular formula is C14H14ClF2N3. The van der Waals surface area contributed by atoms with Crippen molar-refractivity contribution in [2.24, 2.45) is 0 Å². The number of aromatic nitrogens is 2. The van der Waals surface area contributed by atoms with Gasteiger partial charge in [-0.25, -0.2) is 18.7 Å². The Kier molecular flexibility index (Phi) is 4.18. The molecule has 0 radical (unpaired) electrons. The molecule has 0 aliphatic carbocycles. The van der Waals surface area contributed by atoms with E-state index in [2.05, 4.69) is 15.3 Å². The maximum Gasteiger partial charge on any atom is 0.146 e. The minimum absolute atomic E-state index is 0.0116. The Bertz CT molecular complexity index is 645. The van der Waals surface area contributed by atoms with Gasteiger partial charge in [-0.05, 0) is 19.1 Å². The van der Waals surface area contributed by atoms with Crippen molar-refractivity contribution < 1.29 is 8.78 Å². The SMILES string of the molecule is Cc1c(Cl)nc(C(C)C)nc1Nc1cc(F)ccc1F. The van der Waals surface area contributed by atoms with Gasteiger partial charge in [-0.1, -0.05) is 25.4 Å². The zero-order valence-corrected chi connectivity index (χ0v) is 12.1. The van der Waals surface area contributed by atoms with E-state index >= 15 is 0 Å². The molecule has 106 valence electrons. The molecule has 3 nitrogen and oxygen atoms in total. The number of benzene rings is 1. The molecule has 0 aliphatic rings. The van der Waals surface area contributed by atoms with Gasteiger partial charge >= 0.3 is 0 Å². The first-order chi connectivity index (χ1) is 9.38. The Balaban J connectivity index is 2.45. The molecule has 0 spiro atoms. The highest BCUT2D eigenvalue weighted by Gasteiger charge is 2.13. The molecule has 20 heavy (non-hydrogen) atoms. The van der Waals surface area contributed by atoms with Gasteiger partial charge in [-0.3, -0.25) is 0 Å². The molecule has 0 saturated heterocycles. The molecule has 2 aromatic rings. The quantitative estimate of drug-likeness (QED) is 0.842. The number of anilines is 2. The van der Waals surface area contributed by atoms with E-state index < -0.39 is 11.6 Å². The highest BCUT2D eigenvalue weighted by molar-refractivity contribution is 6.30. The third-order valence-electron chi connectivity index (χ3n) is 2.80. The largest absolute Gasteiger partial charge is 0.337 e. The molecule has 2 rings (SSSR count). The van der Waals surface area contributed by atoms with E-state index in [0.29, 0.717) is 22.4 Å². The molecule has 1 N–H and O–H groups in total. The van der Waals surface area contributed by atoms with Gasteiger partial charge < -0.3 is 5.32 Å². The van der Waals surface area contributed by atoms with Gasteiger partial charge in [0.15, 0.2) is 0 Å². The Morgan fingerprint density at radius 1 is 1.20 bits per heavy atom. The van der Waals surface area contributed by atoms with Crippen molar-refractivity contribution in [2.45, 2.75) is 26.7 Å². The molecule has 0 fully saturated rings. The first kappa shape index (κ1) is 14.7. The normalized spacial score (nSPS) is 10.9. The summed E-state index contributed by atoms with van der Waals surface area (Å²) in [7, 11) is 0. The van der Waals surface area contributed by atoms with Gasteiger partial charge in [-0.15, -0.1) is 0 Å². The van der Waals surface area contributed by atoms with Crippen LogP contribution in [0.1, 0.15) is 31.2 Å². The van der Waals surface area contributed by atoms with Crippen molar-refractivity contribution in [3.8, 4) is 0 Å². The Hall–Kier alpha value is -1.75. The molecule has 0 unspecified atom stereocenters. The minimum Gasteiger partial charge on any atom is -0.337 e. The van der Waals surface area contributed by atoms with Gasteiger partial charge in [-0.2, -0.15) is 0 Å². The zero-order valence-electron chi connectivity index (χ0n) is 11.3. The number of hydrogen-bond donors (Lipinski definition) is 1. The van der Waals surface area contributed by atoms with Crippen LogP contribution in [-0.4, -0.2) is 9.97 Å². The fraction of sp³-hybridized carbons (Fsp3) is 0.286. The first-order valence-electron chi connectivity index (χ1n) is 6.14. The number of nitrogens with one attached hydrogen (secondary N) is 1. The molecule has 0 aliphatic heterocycles. The number of nitrogens with zero attached hydrogens (tertiary/aromatic N) is 2. The molecule has 1 heterocycles. The van der Waals surface area contributed by atoms with Crippen molar-refractivity contribution in [2.75, 3.05) is 5.32 Å². The lowest BCUT2D eigenvalue weighted by Gasteiger charge is -2.13. The van der Waals surface area contributed by atoms with Gasteiger partial charge in [0.1, 0.15) is 28.4 Å². The van der Waals surface area contributed by atoms with Gasteiger partial charge in [0.05, 0.1) is 5.69 Å². The molecule has 1 aromatic heterocycles. The fourth-order valence-corrected chi connectivity index (χ4v) is 1.78. The average molecular weight is 298 g/mol. The van der Waals surface area contributed by atoms with Crippen LogP contribution in [0, 0.1) is 18.6 Å². The summed E-state index contributed by atoms with van der Waals surface area (Å²) in [5, 5.41) is 3.06. The third kappa shape index (κ3) is 3.04. The number of rotatable bonds is 3. The predicted octanol–water partition coefficient (Wildman–Crippen LogP) is 4.58. The second-order valence-corrected chi connectivity index (χ2v) is 5.11. The summed E-state index contributed by atoms with van der Waals surface area (Å²) in [5.74, 6) is -0.105. The molecule has 0 amide bonds. The minimum atomic E-state index is -0.563. The van der Waals surface area contributed by atoms with Crippen LogP contribution in [0.5, 0.6) is 0 Å². The maximum absolute atomic E-state index is 13.6. The van der Waals surface area contributed by atoms with E-state index in [4.69, 9.17) is 11.6 Å². The number of halogens is 3. The molecule has 0 saturated carbocycles.